The third kappa shape index (κ3) is 4.73. The zero-order valence-corrected chi connectivity index (χ0v) is 21.0. The molecule has 0 saturated carbocycles. The molecule has 188 valence electrons. The van der Waals surface area contributed by atoms with Gasteiger partial charge in [-0.05, 0) is 38.1 Å². The number of rotatable bonds is 4. The molecular weight excluding hydrogens is 480 g/mol. The number of carbonyl (C=O) groups is 1. The molecule has 1 amide bonds. The van der Waals surface area contributed by atoms with Gasteiger partial charge in [-0.3, -0.25) is 18.8 Å². The molecule has 0 bridgehead atoms. The highest BCUT2D eigenvalue weighted by Crippen LogP contribution is 2.21. The monoisotopic (exact) mass is 504 g/mol. The molecule has 0 saturated heterocycles. The molecule has 0 aliphatic heterocycles. The lowest BCUT2D eigenvalue weighted by Gasteiger charge is -2.20. The van der Waals surface area contributed by atoms with Crippen LogP contribution in [0.1, 0.15) is 46.1 Å². The number of amides is 1. The first kappa shape index (κ1) is 24.4. The summed E-state index contributed by atoms with van der Waals surface area (Å²) in [6.45, 7) is 3.48. The molecular formula is C28H24N8O2. The van der Waals surface area contributed by atoms with Crippen LogP contribution >= 0.6 is 0 Å². The second-order valence-electron chi connectivity index (χ2n) is 8.74. The van der Waals surface area contributed by atoms with Crippen LogP contribution in [-0.2, 0) is 7.05 Å². The van der Waals surface area contributed by atoms with Crippen LogP contribution in [0.25, 0.3) is 16.6 Å². The van der Waals surface area contributed by atoms with E-state index in [1.807, 2.05) is 25.2 Å². The summed E-state index contributed by atoms with van der Waals surface area (Å²) in [6, 6.07) is 13.8. The standard InChI is InChI=1S/C28H24N8O2/c1-17-14-30-24(25(29)32-17)27(37)33-18(2)26-34-22-11-7-8-20(13-12-19-15-31-35(3)16-19)23(22)28(38)36(26)21-9-5-4-6-10-21/h4-11,14-16,18H,1-3H3,(H2,29,32)(H,33,37)/t18-/m0/s1. The van der Waals surface area contributed by atoms with E-state index in [2.05, 4.69) is 32.2 Å². The Labute approximate surface area is 218 Å². The Balaban J connectivity index is 1.64. The van der Waals surface area contributed by atoms with Crippen molar-refractivity contribution in [3.8, 4) is 17.5 Å². The average Bonchev–Trinajstić information content (AvgIpc) is 3.32. The number of nitrogen functional groups attached to an aromatic ring is 1. The van der Waals surface area contributed by atoms with E-state index >= 15 is 0 Å². The van der Waals surface area contributed by atoms with Gasteiger partial charge in [0.15, 0.2) is 11.5 Å². The number of nitrogens with zero attached hydrogens (tertiary/aromatic N) is 6. The zero-order chi connectivity index (χ0) is 26.8. The van der Waals surface area contributed by atoms with Gasteiger partial charge in [-0.25, -0.2) is 15.0 Å². The summed E-state index contributed by atoms with van der Waals surface area (Å²) >= 11 is 0. The van der Waals surface area contributed by atoms with E-state index in [0.717, 1.165) is 5.56 Å². The molecule has 10 nitrogen and oxygen atoms in total. The highest BCUT2D eigenvalue weighted by atomic mass is 16.2. The van der Waals surface area contributed by atoms with Crippen LogP contribution in [0, 0.1) is 18.8 Å². The Bertz CT molecular complexity index is 1800. The molecule has 0 spiro atoms. The summed E-state index contributed by atoms with van der Waals surface area (Å²) in [5.41, 5.74) is 8.56. The maximum atomic E-state index is 14.0. The minimum absolute atomic E-state index is 0.00445. The van der Waals surface area contributed by atoms with E-state index in [1.54, 1.807) is 61.3 Å². The number of benzene rings is 2. The molecule has 10 heteroatoms. The number of para-hydroxylation sites is 1. The van der Waals surface area contributed by atoms with Crippen LogP contribution < -0.4 is 16.6 Å². The van der Waals surface area contributed by atoms with Crippen molar-refractivity contribution in [3.63, 3.8) is 0 Å². The van der Waals surface area contributed by atoms with Gasteiger partial charge in [0.2, 0.25) is 0 Å². The van der Waals surface area contributed by atoms with Crippen LogP contribution in [0.3, 0.4) is 0 Å². The second-order valence-corrected chi connectivity index (χ2v) is 8.74. The number of hydrogen-bond donors (Lipinski definition) is 2. The molecule has 38 heavy (non-hydrogen) atoms. The fraction of sp³-hybridized carbons (Fsp3) is 0.143. The van der Waals surface area contributed by atoms with Crippen LogP contribution in [0.4, 0.5) is 5.82 Å². The van der Waals surface area contributed by atoms with Gasteiger partial charge in [0.1, 0.15) is 5.82 Å². The SMILES string of the molecule is Cc1cnc(C(=O)N[C@@H](C)c2nc3cccc(C#Cc4cnn(C)c4)c3c(=O)n2-c2ccccc2)c(N)n1. The molecule has 2 aromatic carbocycles. The lowest BCUT2D eigenvalue weighted by molar-refractivity contribution is 0.0933. The van der Waals surface area contributed by atoms with Gasteiger partial charge in [-0.15, -0.1) is 0 Å². The highest BCUT2D eigenvalue weighted by molar-refractivity contribution is 5.96. The normalized spacial score (nSPS) is 11.6. The molecule has 0 aliphatic carbocycles. The van der Waals surface area contributed by atoms with E-state index in [9.17, 15) is 9.59 Å². The summed E-state index contributed by atoms with van der Waals surface area (Å²) in [7, 11) is 1.81. The Hall–Kier alpha value is -5.30. The van der Waals surface area contributed by atoms with Gasteiger partial charge in [0, 0.05) is 25.0 Å². The Morgan fingerprint density at radius 2 is 1.84 bits per heavy atom. The van der Waals surface area contributed by atoms with Crippen LogP contribution in [0.5, 0.6) is 0 Å². The molecule has 0 unspecified atom stereocenters. The van der Waals surface area contributed by atoms with Gasteiger partial charge < -0.3 is 11.1 Å². The summed E-state index contributed by atoms with van der Waals surface area (Å²) in [6.07, 6.45) is 4.93. The second kappa shape index (κ2) is 9.99. The molecule has 3 aromatic heterocycles. The minimum atomic E-state index is -0.674. The number of aromatic nitrogens is 6. The van der Waals surface area contributed by atoms with Crippen molar-refractivity contribution in [2.24, 2.45) is 7.05 Å². The van der Waals surface area contributed by atoms with Crippen LogP contribution in [-0.4, -0.2) is 35.2 Å². The Kier molecular flexibility index (Phi) is 6.41. The van der Waals surface area contributed by atoms with E-state index in [0.29, 0.717) is 33.7 Å². The van der Waals surface area contributed by atoms with E-state index in [1.165, 1.54) is 10.8 Å². The van der Waals surface area contributed by atoms with E-state index in [4.69, 9.17) is 10.7 Å². The van der Waals surface area contributed by atoms with Gasteiger partial charge in [0.05, 0.1) is 40.1 Å². The molecule has 0 radical (unpaired) electrons. The third-order valence-corrected chi connectivity index (χ3v) is 5.85. The number of anilines is 1. The minimum Gasteiger partial charge on any atom is -0.382 e. The largest absolute Gasteiger partial charge is 0.382 e. The number of nitrogens with two attached hydrogens (primary N) is 1. The smallest absolute Gasteiger partial charge is 0.274 e. The number of carbonyl (C=O) groups excluding carboxylic acids is 1. The predicted octanol–water partition coefficient (Wildman–Crippen LogP) is 2.69. The number of nitrogens with one attached hydrogen (secondary N) is 1. The summed E-state index contributed by atoms with van der Waals surface area (Å²) in [4.78, 5) is 40.1. The van der Waals surface area contributed by atoms with Crippen molar-refractivity contribution < 1.29 is 4.79 Å². The van der Waals surface area contributed by atoms with Crippen LogP contribution in [0.2, 0.25) is 0 Å². The first-order valence-electron chi connectivity index (χ1n) is 11.8. The Morgan fingerprint density at radius 3 is 2.55 bits per heavy atom. The highest BCUT2D eigenvalue weighted by Gasteiger charge is 2.22. The summed E-state index contributed by atoms with van der Waals surface area (Å²) in [5.74, 6) is 6.01. The molecule has 3 heterocycles. The van der Waals surface area contributed by atoms with Crippen molar-refractivity contribution in [2.45, 2.75) is 19.9 Å². The van der Waals surface area contributed by atoms with Crippen molar-refractivity contribution >= 4 is 22.6 Å². The van der Waals surface area contributed by atoms with Crippen molar-refractivity contribution in [3.05, 3.63) is 106 Å². The van der Waals surface area contributed by atoms with Crippen LogP contribution in [0.15, 0.2) is 71.9 Å². The molecule has 3 N–H and O–H groups in total. The summed E-state index contributed by atoms with van der Waals surface area (Å²) < 4.78 is 3.15. The Morgan fingerprint density at radius 1 is 1.05 bits per heavy atom. The fourth-order valence-electron chi connectivity index (χ4n) is 4.09. The first-order valence-corrected chi connectivity index (χ1v) is 11.8. The van der Waals surface area contributed by atoms with E-state index in [-0.39, 0.29) is 17.1 Å². The molecule has 1 atom stereocenters. The van der Waals surface area contributed by atoms with E-state index < -0.39 is 11.9 Å². The molecule has 0 fully saturated rings. The number of aryl methyl sites for hydroxylation is 2. The van der Waals surface area contributed by atoms with Crippen molar-refractivity contribution in [1.29, 1.82) is 0 Å². The first-order chi connectivity index (χ1) is 18.3. The quantitative estimate of drug-likeness (QED) is 0.360. The molecule has 0 aliphatic rings. The van der Waals surface area contributed by atoms with Gasteiger partial charge in [-0.2, -0.15) is 5.10 Å². The fourth-order valence-corrected chi connectivity index (χ4v) is 4.09. The lowest BCUT2D eigenvalue weighted by Crippen LogP contribution is -2.34. The van der Waals surface area contributed by atoms with Gasteiger partial charge in [0.25, 0.3) is 11.5 Å². The van der Waals surface area contributed by atoms with Gasteiger partial charge >= 0.3 is 0 Å². The number of hydrogen-bond acceptors (Lipinski definition) is 7. The summed E-state index contributed by atoms with van der Waals surface area (Å²) in [5, 5.41) is 7.37. The molecule has 5 rings (SSSR count). The predicted molar refractivity (Wildman–Crippen MR) is 144 cm³/mol. The lowest BCUT2D eigenvalue weighted by atomic mass is 10.1. The number of fused-ring (bicyclic) bond motifs is 1. The van der Waals surface area contributed by atoms with Crippen molar-refractivity contribution in [2.75, 3.05) is 5.73 Å². The maximum absolute atomic E-state index is 14.0. The maximum Gasteiger partial charge on any atom is 0.274 e. The molecule has 5 aromatic rings. The third-order valence-electron chi connectivity index (χ3n) is 5.85. The topological polar surface area (TPSA) is 134 Å². The average molecular weight is 505 g/mol. The van der Waals surface area contributed by atoms with Gasteiger partial charge in [-0.1, -0.05) is 36.1 Å². The van der Waals surface area contributed by atoms with Crippen molar-refractivity contribution in [1.82, 2.24) is 34.6 Å². The zero-order valence-electron chi connectivity index (χ0n) is 21.0.